The highest BCUT2D eigenvalue weighted by atomic mass is 79.9. The second-order valence-corrected chi connectivity index (χ2v) is 4.53. The maximum Gasteiger partial charge on any atom is 0.135 e. The number of fused-ring (bicyclic) bond motifs is 1. The fourth-order valence-electron chi connectivity index (χ4n) is 1.64. The van der Waals surface area contributed by atoms with Crippen LogP contribution in [0, 0.1) is 5.82 Å². The predicted molar refractivity (Wildman–Crippen MR) is 59.2 cm³/mol. The Morgan fingerprint density at radius 1 is 1.27 bits per heavy atom. The number of hydrogen-bond acceptors (Lipinski definition) is 2. The summed E-state index contributed by atoms with van der Waals surface area (Å²) in [6, 6.07) is 4.91. The summed E-state index contributed by atoms with van der Waals surface area (Å²) >= 11 is 3.30. The zero-order chi connectivity index (χ0) is 10.4. The van der Waals surface area contributed by atoms with E-state index in [-0.39, 0.29) is 5.82 Å². The van der Waals surface area contributed by atoms with Gasteiger partial charge in [0.1, 0.15) is 16.2 Å². The van der Waals surface area contributed by atoms with Crippen molar-refractivity contribution >= 4 is 26.8 Å². The summed E-state index contributed by atoms with van der Waals surface area (Å²) in [6.45, 7) is 0. The second kappa shape index (κ2) is 3.23. The Balaban J connectivity index is 2.31. The predicted octanol–water partition coefficient (Wildman–Crippen LogP) is 3.41. The van der Waals surface area contributed by atoms with Gasteiger partial charge in [0.2, 0.25) is 0 Å². The van der Waals surface area contributed by atoms with Crippen LogP contribution in [-0.2, 0) is 0 Å². The molecule has 0 radical (unpaired) electrons. The molecule has 1 heterocycles. The van der Waals surface area contributed by atoms with E-state index in [4.69, 9.17) is 0 Å². The van der Waals surface area contributed by atoms with Crippen LogP contribution >= 0.6 is 15.9 Å². The molecule has 1 aromatic heterocycles. The van der Waals surface area contributed by atoms with E-state index in [1.54, 1.807) is 6.07 Å². The lowest BCUT2D eigenvalue weighted by atomic mass is 10.2. The molecule has 4 heteroatoms. The maximum atomic E-state index is 13.5. The standard InChI is InChI=1S/C11H8BrFN2/c12-10-9-7(13)2-1-3-8(9)14-11(15-10)6-4-5-6/h1-3,6H,4-5H2. The summed E-state index contributed by atoms with van der Waals surface area (Å²) in [5.41, 5.74) is 0.679. The van der Waals surface area contributed by atoms with Crippen molar-refractivity contribution in [2.75, 3.05) is 0 Å². The van der Waals surface area contributed by atoms with Crippen LogP contribution in [0.2, 0.25) is 0 Å². The monoisotopic (exact) mass is 266 g/mol. The third kappa shape index (κ3) is 1.53. The first-order valence-electron chi connectivity index (χ1n) is 4.87. The van der Waals surface area contributed by atoms with Crippen LogP contribution < -0.4 is 0 Å². The Kier molecular flexibility index (Phi) is 1.99. The lowest BCUT2D eigenvalue weighted by molar-refractivity contribution is 0.638. The van der Waals surface area contributed by atoms with Crippen molar-refractivity contribution < 1.29 is 4.39 Å². The van der Waals surface area contributed by atoms with Crippen molar-refractivity contribution in [3.8, 4) is 0 Å². The number of benzene rings is 1. The van der Waals surface area contributed by atoms with Crippen LogP contribution in [0.4, 0.5) is 4.39 Å². The number of aromatic nitrogens is 2. The minimum atomic E-state index is -0.276. The molecule has 0 N–H and O–H groups in total. The van der Waals surface area contributed by atoms with Crippen molar-refractivity contribution in [3.05, 3.63) is 34.4 Å². The van der Waals surface area contributed by atoms with E-state index in [2.05, 4.69) is 25.9 Å². The minimum Gasteiger partial charge on any atom is -0.232 e. The highest BCUT2D eigenvalue weighted by molar-refractivity contribution is 9.10. The Labute approximate surface area is 94.7 Å². The number of hydrogen-bond donors (Lipinski definition) is 0. The highest BCUT2D eigenvalue weighted by Crippen LogP contribution is 2.39. The first kappa shape index (κ1) is 9.21. The molecular formula is C11H8BrFN2. The average molecular weight is 267 g/mol. The summed E-state index contributed by atoms with van der Waals surface area (Å²) in [6.07, 6.45) is 2.29. The summed E-state index contributed by atoms with van der Waals surface area (Å²) in [7, 11) is 0. The molecule has 1 aromatic carbocycles. The van der Waals surface area contributed by atoms with Crippen molar-refractivity contribution in [2.45, 2.75) is 18.8 Å². The van der Waals surface area contributed by atoms with Crippen LogP contribution in [0.15, 0.2) is 22.8 Å². The van der Waals surface area contributed by atoms with Gasteiger partial charge in [-0.1, -0.05) is 6.07 Å². The van der Waals surface area contributed by atoms with E-state index in [9.17, 15) is 4.39 Å². The SMILES string of the molecule is Fc1cccc2nc(C3CC3)nc(Br)c12. The zero-order valence-electron chi connectivity index (χ0n) is 7.87. The first-order chi connectivity index (χ1) is 7.25. The van der Waals surface area contributed by atoms with E-state index in [0.717, 1.165) is 18.7 Å². The van der Waals surface area contributed by atoms with Gasteiger partial charge in [-0.05, 0) is 40.9 Å². The van der Waals surface area contributed by atoms with Gasteiger partial charge in [-0.15, -0.1) is 0 Å². The van der Waals surface area contributed by atoms with Gasteiger partial charge in [0, 0.05) is 5.92 Å². The number of nitrogens with zero attached hydrogens (tertiary/aromatic N) is 2. The van der Waals surface area contributed by atoms with E-state index < -0.39 is 0 Å². The number of halogens is 2. The molecule has 0 bridgehead atoms. The Bertz CT molecular complexity index is 537. The van der Waals surface area contributed by atoms with Crippen molar-refractivity contribution in [1.29, 1.82) is 0 Å². The van der Waals surface area contributed by atoms with E-state index in [0.29, 0.717) is 21.4 Å². The summed E-state index contributed by atoms with van der Waals surface area (Å²) < 4.78 is 14.0. The van der Waals surface area contributed by atoms with Crippen LogP contribution in [0.25, 0.3) is 10.9 Å². The second-order valence-electron chi connectivity index (χ2n) is 3.78. The largest absolute Gasteiger partial charge is 0.232 e. The van der Waals surface area contributed by atoms with E-state index in [1.807, 2.05) is 6.07 Å². The summed E-state index contributed by atoms with van der Waals surface area (Å²) in [5, 5.41) is 0.474. The van der Waals surface area contributed by atoms with Gasteiger partial charge < -0.3 is 0 Å². The van der Waals surface area contributed by atoms with Gasteiger partial charge >= 0.3 is 0 Å². The Morgan fingerprint density at radius 2 is 2.07 bits per heavy atom. The number of rotatable bonds is 1. The maximum absolute atomic E-state index is 13.5. The summed E-state index contributed by atoms with van der Waals surface area (Å²) in [5.74, 6) is 1.04. The van der Waals surface area contributed by atoms with Gasteiger partial charge in [-0.3, -0.25) is 0 Å². The van der Waals surface area contributed by atoms with Crippen LogP contribution in [0.3, 0.4) is 0 Å². The molecule has 0 spiro atoms. The molecule has 1 fully saturated rings. The molecule has 76 valence electrons. The normalized spacial score (nSPS) is 15.9. The van der Waals surface area contributed by atoms with E-state index in [1.165, 1.54) is 6.07 Å². The minimum absolute atomic E-state index is 0.276. The molecule has 3 rings (SSSR count). The molecule has 0 atom stereocenters. The van der Waals surface area contributed by atoms with Crippen molar-refractivity contribution in [2.24, 2.45) is 0 Å². The molecule has 15 heavy (non-hydrogen) atoms. The zero-order valence-corrected chi connectivity index (χ0v) is 9.46. The van der Waals surface area contributed by atoms with Gasteiger partial charge in [-0.2, -0.15) is 0 Å². The fraction of sp³-hybridized carbons (Fsp3) is 0.273. The smallest absolute Gasteiger partial charge is 0.135 e. The summed E-state index contributed by atoms with van der Waals surface area (Å²) in [4.78, 5) is 8.67. The van der Waals surface area contributed by atoms with Gasteiger partial charge in [0.05, 0.1) is 10.9 Å². The fourth-order valence-corrected chi connectivity index (χ4v) is 2.21. The molecule has 0 unspecified atom stereocenters. The molecular weight excluding hydrogens is 259 g/mol. The third-order valence-corrected chi connectivity index (χ3v) is 3.16. The average Bonchev–Trinajstić information content (AvgIpc) is 3.00. The molecule has 0 aliphatic heterocycles. The topological polar surface area (TPSA) is 25.8 Å². The van der Waals surface area contributed by atoms with Crippen LogP contribution in [0.1, 0.15) is 24.6 Å². The van der Waals surface area contributed by atoms with Gasteiger partial charge in [-0.25, -0.2) is 14.4 Å². The third-order valence-electron chi connectivity index (χ3n) is 2.59. The molecule has 2 aromatic rings. The lowest BCUT2D eigenvalue weighted by Gasteiger charge is -2.03. The van der Waals surface area contributed by atoms with Crippen LogP contribution in [0.5, 0.6) is 0 Å². The van der Waals surface area contributed by atoms with Crippen molar-refractivity contribution in [1.82, 2.24) is 9.97 Å². The molecule has 1 saturated carbocycles. The van der Waals surface area contributed by atoms with Crippen LogP contribution in [-0.4, -0.2) is 9.97 Å². The highest BCUT2D eigenvalue weighted by Gasteiger charge is 2.27. The molecule has 0 amide bonds. The molecule has 0 saturated heterocycles. The Morgan fingerprint density at radius 3 is 2.80 bits per heavy atom. The molecule has 1 aliphatic carbocycles. The molecule has 2 nitrogen and oxygen atoms in total. The van der Waals surface area contributed by atoms with E-state index >= 15 is 0 Å². The first-order valence-corrected chi connectivity index (χ1v) is 5.66. The lowest BCUT2D eigenvalue weighted by Crippen LogP contribution is -1.95. The van der Waals surface area contributed by atoms with Gasteiger partial charge in [0.15, 0.2) is 0 Å². The molecule has 1 aliphatic rings. The van der Waals surface area contributed by atoms with Crippen molar-refractivity contribution in [3.63, 3.8) is 0 Å². The van der Waals surface area contributed by atoms with Gasteiger partial charge in [0.25, 0.3) is 0 Å². The quantitative estimate of drug-likeness (QED) is 0.740. The Hall–Kier alpha value is -1.03.